The summed E-state index contributed by atoms with van der Waals surface area (Å²) in [5, 5.41) is 0. The molecule has 0 aliphatic heterocycles. The van der Waals surface area contributed by atoms with E-state index >= 15 is 0 Å². The molecule has 0 bridgehead atoms. The second-order valence-corrected chi connectivity index (χ2v) is 4.51. The van der Waals surface area contributed by atoms with Gasteiger partial charge in [0.25, 0.3) is 10.1 Å². The Labute approximate surface area is 79.7 Å². The van der Waals surface area contributed by atoms with Crippen LogP contribution >= 0.6 is 0 Å². The minimum Gasteiger partial charge on any atom is -0.295 e. The van der Waals surface area contributed by atoms with E-state index in [9.17, 15) is 8.42 Å². The summed E-state index contributed by atoms with van der Waals surface area (Å²) in [5.41, 5.74) is 0. The average molecular weight is 205 g/mol. The van der Waals surface area contributed by atoms with Crippen LogP contribution in [-0.4, -0.2) is 43.8 Å². The first-order valence-corrected chi connectivity index (χ1v) is 5.64. The van der Waals surface area contributed by atoms with E-state index in [0.717, 1.165) is 13.0 Å². The zero-order valence-electron chi connectivity index (χ0n) is 7.73. The van der Waals surface area contributed by atoms with Gasteiger partial charge >= 0.3 is 0 Å². The van der Waals surface area contributed by atoms with Crippen LogP contribution in [0.3, 0.4) is 0 Å². The molecule has 4 nitrogen and oxygen atoms in total. The van der Waals surface area contributed by atoms with Gasteiger partial charge < -0.3 is 0 Å². The predicted octanol–water partition coefficient (Wildman–Crippen LogP) is 0.219. The average Bonchev–Trinajstić information content (AvgIpc) is 1.97. The molecular weight excluding hydrogens is 190 g/mol. The van der Waals surface area contributed by atoms with Crippen molar-refractivity contribution in [2.45, 2.75) is 12.8 Å². The molecule has 0 aromatic carbocycles. The maximum Gasteiger partial charge on any atom is 0.264 e. The van der Waals surface area contributed by atoms with E-state index < -0.39 is 10.1 Å². The van der Waals surface area contributed by atoms with Crippen molar-refractivity contribution in [1.29, 1.82) is 0 Å². The van der Waals surface area contributed by atoms with Gasteiger partial charge in [-0.3, -0.25) is 9.45 Å². The predicted molar refractivity (Wildman–Crippen MR) is 52.0 cm³/mol. The Morgan fingerprint density at radius 3 is 2.54 bits per heavy atom. The van der Waals surface area contributed by atoms with Gasteiger partial charge in [-0.1, -0.05) is 5.92 Å². The molecule has 0 fully saturated rings. The van der Waals surface area contributed by atoms with E-state index in [1.54, 1.807) is 0 Å². The molecule has 0 radical (unpaired) electrons. The second-order valence-electron chi connectivity index (χ2n) is 2.94. The van der Waals surface area contributed by atoms with Crippen LogP contribution in [0.25, 0.3) is 0 Å². The molecule has 5 heteroatoms. The molecule has 0 aliphatic carbocycles. The van der Waals surface area contributed by atoms with Gasteiger partial charge in [0.05, 0.1) is 12.3 Å². The third-order valence-corrected chi connectivity index (χ3v) is 2.36. The van der Waals surface area contributed by atoms with E-state index in [1.165, 1.54) is 0 Å². The van der Waals surface area contributed by atoms with Crippen LogP contribution in [0.15, 0.2) is 0 Å². The van der Waals surface area contributed by atoms with Gasteiger partial charge in [0, 0.05) is 0 Å². The summed E-state index contributed by atoms with van der Waals surface area (Å²) in [7, 11) is -1.92. The fourth-order valence-corrected chi connectivity index (χ4v) is 1.47. The quantitative estimate of drug-likeness (QED) is 0.383. The highest BCUT2D eigenvalue weighted by molar-refractivity contribution is 7.85. The number of nitrogens with zero attached hydrogens (tertiary/aromatic N) is 1. The Balaban J connectivity index is 3.42. The largest absolute Gasteiger partial charge is 0.295 e. The Bertz CT molecular complexity index is 266. The van der Waals surface area contributed by atoms with E-state index in [-0.39, 0.29) is 5.75 Å². The van der Waals surface area contributed by atoms with E-state index in [0.29, 0.717) is 13.0 Å². The van der Waals surface area contributed by atoms with Crippen LogP contribution in [-0.2, 0) is 10.1 Å². The lowest BCUT2D eigenvalue weighted by Gasteiger charge is -2.11. The standard InChI is InChI=1S/C8H15NO3S/c1-3-6-9(2)7-4-5-8-13(10,11)12/h1H,4-8H2,2H3,(H,10,11,12). The zero-order chi connectivity index (χ0) is 10.3. The second kappa shape index (κ2) is 5.97. The SMILES string of the molecule is C#CCN(C)CCCCS(=O)(=O)O. The third-order valence-electron chi connectivity index (χ3n) is 1.55. The molecule has 0 aromatic heterocycles. The van der Waals surface area contributed by atoms with Crippen LogP contribution in [0.1, 0.15) is 12.8 Å². The fourth-order valence-electron chi connectivity index (χ4n) is 0.901. The molecule has 0 aromatic rings. The number of hydrogen-bond acceptors (Lipinski definition) is 3. The zero-order valence-corrected chi connectivity index (χ0v) is 8.55. The minimum absolute atomic E-state index is 0.170. The summed E-state index contributed by atoms with van der Waals surface area (Å²) in [6, 6.07) is 0. The van der Waals surface area contributed by atoms with Gasteiger partial charge in [0.1, 0.15) is 0 Å². The first-order chi connectivity index (χ1) is 5.95. The normalized spacial score (nSPS) is 11.5. The summed E-state index contributed by atoms with van der Waals surface area (Å²) in [6.45, 7) is 1.31. The fraction of sp³-hybridized carbons (Fsp3) is 0.750. The molecule has 0 saturated heterocycles. The van der Waals surface area contributed by atoms with Gasteiger partial charge in [0.2, 0.25) is 0 Å². The van der Waals surface area contributed by atoms with Crippen molar-refractivity contribution < 1.29 is 13.0 Å². The molecule has 0 aliphatic rings. The third kappa shape index (κ3) is 9.34. The molecule has 0 atom stereocenters. The van der Waals surface area contributed by atoms with E-state index in [2.05, 4.69) is 5.92 Å². The molecule has 13 heavy (non-hydrogen) atoms. The van der Waals surface area contributed by atoms with Crippen LogP contribution in [0, 0.1) is 12.3 Å². The molecule has 0 spiro atoms. The summed E-state index contributed by atoms with van der Waals surface area (Å²) < 4.78 is 29.0. The number of rotatable bonds is 6. The lowest BCUT2D eigenvalue weighted by molar-refractivity contribution is 0.366. The van der Waals surface area contributed by atoms with Crippen LogP contribution < -0.4 is 0 Å². The summed E-state index contributed by atoms with van der Waals surface area (Å²) in [5.74, 6) is 2.31. The van der Waals surface area contributed by atoms with E-state index in [1.807, 2.05) is 11.9 Å². The van der Waals surface area contributed by atoms with Crippen molar-refractivity contribution in [3.8, 4) is 12.3 Å². The summed E-state index contributed by atoms with van der Waals surface area (Å²) in [6.07, 6.45) is 6.26. The highest BCUT2D eigenvalue weighted by atomic mass is 32.2. The Hall–Kier alpha value is -0.570. The molecule has 0 amide bonds. The topological polar surface area (TPSA) is 57.6 Å². The van der Waals surface area contributed by atoms with Crippen LogP contribution in [0.4, 0.5) is 0 Å². The molecule has 1 N–H and O–H groups in total. The van der Waals surface area contributed by atoms with Crippen molar-refractivity contribution in [2.24, 2.45) is 0 Å². The Kier molecular flexibility index (Phi) is 5.71. The molecule has 0 rings (SSSR count). The first-order valence-electron chi connectivity index (χ1n) is 4.03. The lowest BCUT2D eigenvalue weighted by atomic mass is 10.3. The maximum atomic E-state index is 10.3. The minimum atomic E-state index is -3.79. The first kappa shape index (κ1) is 12.4. The monoisotopic (exact) mass is 205 g/mol. The highest BCUT2D eigenvalue weighted by Gasteiger charge is 2.03. The summed E-state index contributed by atoms with van der Waals surface area (Å²) >= 11 is 0. The molecule has 0 heterocycles. The van der Waals surface area contributed by atoms with Gasteiger partial charge in [-0.05, 0) is 26.4 Å². The van der Waals surface area contributed by atoms with Crippen molar-refractivity contribution in [2.75, 3.05) is 25.9 Å². The number of unbranched alkanes of at least 4 members (excludes halogenated alkanes) is 1. The van der Waals surface area contributed by atoms with Crippen LogP contribution in [0.2, 0.25) is 0 Å². The van der Waals surface area contributed by atoms with Gasteiger partial charge in [-0.25, -0.2) is 0 Å². The van der Waals surface area contributed by atoms with Gasteiger partial charge in [0.15, 0.2) is 0 Å². The van der Waals surface area contributed by atoms with Gasteiger partial charge in [-0.2, -0.15) is 8.42 Å². The number of hydrogen-bond donors (Lipinski definition) is 1. The molecular formula is C8H15NO3S. The summed E-state index contributed by atoms with van der Waals surface area (Å²) in [4.78, 5) is 1.92. The van der Waals surface area contributed by atoms with E-state index in [4.69, 9.17) is 11.0 Å². The maximum absolute atomic E-state index is 10.3. The lowest BCUT2D eigenvalue weighted by Crippen LogP contribution is -2.20. The molecule has 0 saturated carbocycles. The highest BCUT2D eigenvalue weighted by Crippen LogP contribution is 1.95. The Morgan fingerprint density at radius 1 is 1.46 bits per heavy atom. The smallest absolute Gasteiger partial charge is 0.264 e. The number of terminal acetylenes is 1. The molecule has 76 valence electrons. The molecule has 0 unspecified atom stereocenters. The van der Waals surface area contributed by atoms with Crippen molar-refractivity contribution >= 4 is 10.1 Å². The van der Waals surface area contributed by atoms with Gasteiger partial charge in [-0.15, -0.1) is 6.42 Å². The Morgan fingerprint density at radius 2 is 2.08 bits per heavy atom. The van der Waals surface area contributed by atoms with Crippen LogP contribution in [0.5, 0.6) is 0 Å². The van der Waals surface area contributed by atoms with Crippen molar-refractivity contribution in [3.63, 3.8) is 0 Å². The van der Waals surface area contributed by atoms with Crippen molar-refractivity contribution in [3.05, 3.63) is 0 Å². The van der Waals surface area contributed by atoms with Crippen molar-refractivity contribution in [1.82, 2.24) is 4.90 Å².